The first-order valence-electron chi connectivity index (χ1n) is 6.83. The lowest BCUT2D eigenvalue weighted by Crippen LogP contribution is -2.41. The molecule has 1 fully saturated rings. The Morgan fingerprint density at radius 1 is 1.09 bits per heavy atom. The Balaban J connectivity index is 2.29. The van der Waals surface area contributed by atoms with Gasteiger partial charge in [0.1, 0.15) is 0 Å². The van der Waals surface area contributed by atoms with Gasteiger partial charge in [0, 0.05) is 10.6 Å². The summed E-state index contributed by atoms with van der Waals surface area (Å²) in [4.78, 5) is 0. The predicted octanol–water partition coefficient (Wildman–Crippen LogP) is 5.00. The first kappa shape index (κ1) is 17.4. The van der Waals surface area contributed by atoms with Gasteiger partial charge in [0.15, 0.2) is 0 Å². The molecule has 7 heteroatoms. The Kier molecular flexibility index (Phi) is 4.41. The van der Waals surface area contributed by atoms with Crippen LogP contribution in [-0.4, -0.2) is 18.3 Å². The van der Waals surface area contributed by atoms with E-state index in [0.717, 1.165) is 6.07 Å². The summed E-state index contributed by atoms with van der Waals surface area (Å²) < 4.78 is 50.5. The minimum atomic E-state index is -4.47. The highest BCUT2D eigenvalue weighted by molar-refractivity contribution is 6.52. The van der Waals surface area contributed by atoms with Gasteiger partial charge in [0.25, 0.3) is 0 Å². The van der Waals surface area contributed by atoms with Crippen LogP contribution in [0.3, 0.4) is 0 Å². The van der Waals surface area contributed by atoms with Crippen LogP contribution in [0.4, 0.5) is 13.2 Å². The van der Waals surface area contributed by atoms with Gasteiger partial charge >= 0.3 is 13.3 Å². The van der Waals surface area contributed by atoms with Crippen LogP contribution < -0.4 is 0 Å². The van der Waals surface area contributed by atoms with Gasteiger partial charge in [-0.25, -0.2) is 0 Å². The minimum Gasteiger partial charge on any atom is -0.400 e. The van der Waals surface area contributed by atoms with Crippen LogP contribution in [0.15, 0.2) is 24.2 Å². The first-order valence-corrected chi connectivity index (χ1v) is 7.21. The van der Waals surface area contributed by atoms with Gasteiger partial charge in [0.2, 0.25) is 0 Å². The van der Waals surface area contributed by atoms with Crippen LogP contribution >= 0.6 is 11.6 Å². The number of rotatable bonds is 2. The third-order valence-corrected chi connectivity index (χ3v) is 4.38. The van der Waals surface area contributed by atoms with Crippen molar-refractivity contribution in [3.63, 3.8) is 0 Å². The first-order chi connectivity index (χ1) is 9.94. The Morgan fingerprint density at radius 3 is 2.14 bits per heavy atom. The third kappa shape index (κ3) is 3.34. The molecule has 0 amide bonds. The van der Waals surface area contributed by atoms with E-state index in [-0.39, 0.29) is 10.6 Å². The maximum atomic E-state index is 13.0. The summed E-state index contributed by atoms with van der Waals surface area (Å²) in [6.07, 6.45) is -3.17. The topological polar surface area (TPSA) is 18.5 Å². The number of hydrogen-bond donors (Lipinski definition) is 0. The zero-order valence-corrected chi connectivity index (χ0v) is 13.5. The van der Waals surface area contributed by atoms with Crippen molar-refractivity contribution in [3.05, 3.63) is 40.3 Å². The smallest absolute Gasteiger partial charge is 0.400 e. The number of benzene rings is 1. The van der Waals surface area contributed by atoms with Gasteiger partial charge in [-0.15, -0.1) is 0 Å². The quantitative estimate of drug-likeness (QED) is 0.709. The SMILES string of the molecule is CC1(C)OB(/C=C/c2c(Cl)cccc2C(F)(F)F)OC1(C)C. The van der Waals surface area contributed by atoms with Gasteiger partial charge < -0.3 is 9.31 Å². The highest BCUT2D eigenvalue weighted by atomic mass is 35.5. The molecule has 0 unspecified atom stereocenters. The number of hydrogen-bond acceptors (Lipinski definition) is 2. The molecule has 0 aromatic heterocycles. The molecule has 1 saturated heterocycles. The molecule has 1 aliphatic rings. The normalized spacial score (nSPS) is 20.8. The van der Waals surface area contributed by atoms with E-state index in [1.54, 1.807) is 0 Å². The highest BCUT2D eigenvalue weighted by Crippen LogP contribution is 2.38. The van der Waals surface area contributed by atoms with E-state index < -0.39 is 30.1 Å². The molecule has 2 nitrogen and oxygen atoms in total. The van der Waals surface area contributed by atoms with Crippen molar-refractivity contribution < 1.29 is 22.5 Å². The minimum absolute atomic E-state index is 0.0302. The molecule has 0 aliphatic carbocycles. The van der Waals surface area contributed by atoms with E-state index in [1.165, 1.54) is 24.2 Å². The molecular weight excluding hydrogens is 315 g/mol. The molecule has 1 aliphatic heterocycles. The lowest BCUT2D eigenvalue weighted by Gasteiger charge is -2.32. The Labute approximate surface area is 133 Å². The fourth-order valence-corrected chi connectivity index (χ4v) is 2.33. The van der Waals surface area contributed by atoms with Crippen LogP contribution in [0.5, 0.6) is 0 Å². The molecule has 0 N–H and O–H groups in total. The molecule has 0 radical (unpaired) electrons. The van der Waals surface area contributed by atoms with Gasteiger partial charge in [-0.3, -0.25) is 0 Å². The van der Waals surface area contributed by atoms with E-state index in [9.17, 15) is 13.2 Å². The van der Waals surface area contributed by atoms with Gasteiger partial charge in [-0.2, -0.15) is 13.2 Å². The summed E-state index contributed by atoms with van der Waals surface area (Å²) in [6.45, 7) is 7.49. The summed E-state index contributed by atoms with van der Waals surface area (Å²) in [6, 6.07) is 3.69. The highest BCUT2D eigenvalue weighted by Gasteiger charge is 2.50. The van der Waals surface area contributed by atoms with Crippen molar-refractivity contribution in [1.82, 2.24) is 0 Å². The monoisotopic (exact) mass is 332 g/mol. The molecule has 0 atom stereocenters. The Bertz CT molecular complexity index is 581. The van der Waals surface area contributed by atoms with E-state index in [0.29, 0.717) is 0 Å². The van der Waals surface area contributed by atoms with E-state index >= 15 is 0 Å². The summed E-state index contributed by atoms with van der Waals surface area (Å²) in [7, 11) is -0.720. The summed E-state index contributed by atoms with van der Waals surface area (Å²) in [5.41, 5.74) is -1.97. The van der Waals surface area contributed by atoms with Gasteiger partial charge in [-0.1, -0.05) is 29.7 Å². The molecule has 120 valence electrons. The number of halogens is 4. The van der Waals surface area contributed by atoms with Crippen molar-refractivity contribution in [2.45, 2.75) is 45.1 Å². The number of alkyl halides is 3. The molecule has 0 spiro atoms. The van der Waals surface area contributed by atoms with Crippen LogP contribution in [0.2, 0.25) is 5.02 Å². The summed E-state index contributed by atoms with van der Waals surface area (Å²) in [5, 5.41) is 0.0302. The zero-order chi connectivity index (χ0) is 16.8. The Morgan fingerprint density at radius 2 is 1.64 bits per heavy atom. The Hall–Kier alpha value is -0.975. The van der Waals surface area contributed by atoms with Crippen LogP contribution in [-0.2, 0) is 15.5 Å². The average molecular weight is 333 g/mol. The predicted molar refractivity (Wildman–Crippen MR) is 81.6 cm³/mol. The van der Waals surface area contributed by atoms with E-state index in [4.69, 9.17) is 20.9 Å². The molecule has 2 rings (SSSR count). The van der Waals surface area contributed by atoms with Crippen LogP contribution in [0, 0.1) is 0 Å². The summed E-state index contributed by atoms with van der Waals surface area (Å²) in [5.74, 6) is 1.45. The molecule has 0 bridgehead atoms. The molecule has 22 heavy (non-hydrogen) atoms. The van der Waals surface area contributed by atoms with Crippen molar-refractivity contribution in [2.75, 3.05) is 0 Å². The zero-order valence-electron chi connectivity index (χ0n) is 12.8. The standard InChI is InChI=1S/C15H17BClF3O2/c1-13(2)14(3,4)22-16(21-13)9-8-10-11(15(18,19)20)6-5-7-12(10)17/h5-9H,1-4H3/b9-8+. The molecule has 0 saturated carbocycles. The second kappa shape index (κ2) is 5.58. The van der Waals surface area contributed by atoms with Gasteiger partial charge in [-0.05, 0) is 39.8 Å². The maximum Gasteiger partial charge on any atom is 0.487 e. The fourth-order valence-electron chi connectivity index (χ4n) is 2.10. The average Bonchev–Trinajstić information content (AvgIpc) is 2.54. The van der Waals surface area contributed by atoms with Crippen molar-refractivity contribution >= 4 is 24.8 Å². The second-order valence-corrected chi connectivity index (χ2v) is 6.59. The molecular formula is C15H17BClF3O2. The lowest BCUT2D eigenvalue weighted by molar-refractivity contribution is -0.137. The molecule has 1 aromatic rings. The maximum absolute atomic E-state index is 13.0. The van der Waals surface area contributed by atoms with Gasteiger partial charge in [0.05, 0.1) is 16.8 Å². The largest absolute Gasteiger partial charge is 0.487 e. The van der Waals surface area contributed by atoms with Crippen LogP contribution in [0.1, 0.15) is 38.8 Å². The van der Waals surface area contributed by atoms with E-state index in [1.807, 2.05) is 27.7 Å². The third-order valence-electron chi connectivity index (χ3n) is 4.05. The molecule has 1 heterocycles. The van der Waals surface area contributed by atoms with Crippen molar-refractivity contribution in [3.8, 4) is 0 Å². The lowest BCUT2D eigenvalue weighted by atomic mass is 9.88. The van der Waals surface area contributed by atoms with Crippen molar-refractivity contribution in [1.29, 1.82) is 0 Å². The molecule has 1 aromatic carbocycles. The summed E-state index contributed by atoms with van der Waals surface area (Å²) >= 11 is 5.90. The van der Waals surface area contributed by atoms with Crippen molar-refractivity contribution in [2.24, 2.45) is 0 Å². The fraction of sp³-hybridized carbons (Fsp3) is 0.467. The second-order valence-electron chi connectivity index (χ2n) is 6.18. The van der Waals surface area contributed by atoms with Crippen LogP contribution in [0.25, 0.3) is 6.08 Å². The van der Waals surface area contributed by atoms with E-state index in [2.05, 4.69) is 0 Å².